The molecule has 3 aromatic carbocycles. The number of carbonyl (C=O) groups is 1. The van der Waals surface area contributed by atoms with Crippen molar-refractivity contribution in [3.63, 3.8) is 0 Å². The van der Waals surface area contributed by atoms with Gasteiger partial charge in [0.1, 0.15) is 22.2 Å². The van der Waals surface area contributed by atoms with E-state index < -0.39 is 0 Å². The summed E-state index contributed by atoms with van der Waals surface area (Å²) in [6.07, 6.45) is 5.47. The summed E-state index contributed by atoms with van der Waals surface area (Å²) in [5.74, 6) is 0.381. The van der Waals surface area contributed by atoms with Crippen molar-refractivity contribution in [3.8, 4) is 34.5 Å². The van der Waals surface area contributed by atoms with Crippen molar-refractivity contribution in [1.29, 1.82) is 5.26 Å². The van der Waals surface area contributed by atoms with Gasteiger partial charge in [-0.25, -0.2) is 4.68 Å². The van der Waals surface area contributed by atoms with Gasteiger partial charge in [-0.3, -0.25) is 14.2 Å². The number of likely N-dealkylation sites (tertiary alicyclic amines) is 1. The molecule has 0 atom stereocenters. The Morgan fingerprint density at radius 3 is 2.21 bits per heavy atom. The summed E-state index contributed by atoms with van der Waals surface area (Å²) < 4.78 is 9.29. The van der Waals surface area contributed by atoms with Crippen LogP contribution in [0.25, 0.3) is 34.3 Å². The van der Waals surface area contributed by atoms with Gasteiger partial charge in [0, 0.05) is 30.4 Å². The largest absolute Gasteiger partial charge is 0.497 e. The molecule has 0 radical (unpaired) electrons. The lowest BCUT2D eigenvalue weighted by molar-refractivity contribution is -0.123. The van der Waals surface area contributed by atoms with E-state index >= 15 is 0 Å². The zero-order chi connectivity index (χ0) is 29.1. The lowest BCUT2D eigenvalue weighted by Gasteiger charge is -2.14. The summed E-state index contributed by atoms with van der Waals surface area (Å²) >= 11 is 1.14. The van der Waals surface area contributed by atoms with Crippen molar-refractivity contribution in [2.75, 3.05) is 20.2 Å². The number of nitrogens with zero attached hydrogens (tertiary/aromatic N) is 5. The third kappa shape index (κ3) is 5.16. The van der Waals surface area contributed by atoms with E-state index in [0.29, 0.717) is 33.7 Å². The van der Waals surface area contributed by atoms with Gasteiger partial charge in [-0.1, -0.05) is 36.4 Å². The molecule has 2 aromatic heterocycles. The molecule has 1 saturated heterocycles. The molecule has 9 heteroatoms. The van der Waals surface area contributed by atoms with Crippen LogP contribution in [0.3, 0.4) is 0 Å². The van der Waals surface area contributed by atoms with E-state index in [4.69, 9.17) is 9.84 Å². The van der Waals surface area contributed by atoms with E-state index in [2.05, 4.69) is 6.07 Å². The summed E-state index contributed by atoms with van der Waals surface area (Å²) in [6, 6.07) is 28.5. The molecular formula is C33H27N5O3S. The van der Waals surface area contributed by atoms with Crippen molar-refractivity contribution in [1.82, 2.24) is 19.2 Å². The molecule has 5 aromatic rings. The van der Waals surface area contributed by atoms with Crippen molar-refractivity contribution in [2.24, 2.45) is 0 Å². The molecule has 3 heterocycles. The van der Waals surface area contributed by atoms with E-state index in [1.165, 1.54) is 4.57 Å². The summed E-state index contributed by atoms with van der Waals surface area (Å²) in [6.45, 7) is 1.21. The molecule has 6 rings (SSSR count). The van der Waals surface area contributed by atoms with Crippen LogP contribution in [0.5, 0.6) is 5.75 Å². The first-order valence-corrected chi connectivity index (χ1v) is 14.4. The quantitative estimate of drug-likeness (QED) is 0.307. The van der Waals surface area contributed by atoms with Gasteiger partial charge in [-0.05, 0) is 67.4 Å². The summed E-state index contributed by atoms with van der Waals surface area (Å²) in [5, 5.41) is 15.0. The zero-order valence-corrected chi connectivity index (χ0v) is 23.8. The number of hydrogen-bond acceptors (Lipinski definition) is 6. The molecule has 0 aliphatic carbocycles. The molecule has 1 amide bonds. The van der Waals surface area contributed by atoms with Crippen molar-refractivity contribution in [3.05, 3.63) is 116 Å². The van der Waals surface area contributed by atoms with Crippen LogP contribution in [0, 0.1) is 11.3 Å². The van der Waals surface area contributed by atoms with Gasteiger partial charge in [0.2, 0.25) is 0 Å². The maximum atomic E-state index is 14.0. The van der Waals surface area contributed by atoms with E-state index in [1.54, 1.807) is 34.9 Å². The van der Waals surface area contributed by atoms with Gasteiger partial charge >= 0.3 is 0 Å². The lowest BCUT2D eigenvalue weighted by atomic mass is 10.1. The highest BCUT2D eigenvalue weighted by Gasteiger charge is 2.24. The lowest BCUT2D eigenvalue weighted by Crippen LogP contribution is -2.35. The number of amides is 1. The van der Waals surface area contributed by atoms with Crippen LogP contribution in [-0.4, -0.2) is 45.4 Å². The number of carbonyl (C=O) groups excluding carboxylic acids is 1. The molecule has 1 aliphatic rings. The Labute approximate surface area is 246 Å². The first kappa shape index (κ1) is 27.0. The minimum atomic E-state index is -0.344. The average Bonchev–Trinajstić information content (AvgIpc) is 3.79. The number of aromatic nitrogens is 3. The third-order valence-electron chi connectivity index (χ3n) is 7.18. The van der Waals surface area contributed by atoms with Crippen LogP contribution >= 0.6 is 11.3 Å². The molecule has 208 valence electrons. The van der Waals surface area contributed by atoms with Gasteiger partial charge in [-0.15, -0.1) is 11.3 Å². The maximum absolute atomic E-state index is 14.0. The second-order valence-electron chi connectivity index (χ2n) is 9.82. The van der Waals surface area contributed by atoms with Crippen LogP contribution in [-0.2, 0) is 4.79 Å². The second kappa shape index (κ2) is 11.7. The Kier molecular flexibility index (Phi) is 7.54. The normalized spacial score (nSPS) is 14.1. The highest BCUT2D eigenvalue weighted by atomic mass is 32.1. The number of methoxy groups -OCH3 is 1. The predicted octanol–water partition coefficient (Wildman–Crippen LogP) is 3.89. The summed E-state index contributed by atoms with van der Waals surface area (Å²) in [5.41, 5.74) is 3.38. The zero-order valence-electron chi connectivity index (χ0n) is 22.9. The van der Waals surface area contributed by atoms with Crippen molar-refractivity contribution in [2.45, 2.75) is 12.8 Å². The van der Waals surface area contributed by atoms with Crippen molar-refractivity contribution < 1.29 is 9.53 Å². The molecule has 1 fully saturated rings. The number of nitriles is 1. The van der Waals surface area contributed by atoms with E-state index in [0.717, 1.165) is 46.7 Å². The first-order chi connectivity index (χ1) is 20.6. The smallest absolute Gasteiger partial charge is 0.273 e. The van der Waals surface area contributed by atoms with E-state index in [1.807, 2.05) is 79.0 Å². The Morgan fingerprint density at radius 1 is 0.952 bits per heavy atom. The van der Waals surface area contributed by atoms with Gasteiger partial charge in [-0.2, -0.15) is 10.4 Å². The molecule has 0 N–H and O–H groups in total. The Balaban J connectivity index is 1.60. The molecule has 42 heavy (non-hydrogen) atoms. The van der Waals surface area contributed by atoms with Crippen LogP contribution < -0.4 is 19.5 Å². The highest BCUT2D eigenvalue weighted by Crippen LogP contribution is 2.26. The number of benzene rings is 3. The standard InChI is InChI=1S/C33H27N5O3S/c1-41-27-16-14-23(15-17-27)30-24(22-37(35-30)25-10-4-2-5-11-25)20-29-32(40)38(26-12-6-3-7-13-26)33(42-29)28(21-34)31(39)36-18-8-9-19-36/h2-7,10-17,20,22H,8-9,18-19H2,1H3. The first-order valence-electron chi connectivity index (χ1n) is 13.6. The Bertz CT molecular complexity index is 1960. The van der Waals surface area contributed by atoms with Crippen LogP contribution in [0.4, 0.5) is 0 Å². The fraction of sp³-hybridized carbons (Fsp3) is 0.152. The second-order valence-corrected chi connectivity index (χ2v) is 10.9. The number of ether oxygens (including phenoxy) is 1. The van der Waals surface area contributed by atoms with E-state index in [9.17, 15) is 14.9 Å². The highest BCUT2D eigenvalue weighted by molar-refractivity contribution is 7.07. The number of hydrogen-bond donors (Lipinski definition) is 0. The Morgan fingerprint density at radius 2 is 1.60 bits per heavy atom. The van der Waals surface area contributed by atoms with E-state index in [-0.39, 0.29) is 17.0 Å². The number of thiazole rings is 1. The molecule has 0 bridgehead atoms. The topological polar surface area (TPSA) is 93.1 Å². The molecule has 0 saturated carbocycles. The molecule has 1 aliphatic heterocycles. The van der Waals surface area contributed by atoms with Crippen LogP contribution in [0.15, 0.2) is 95.9 Å². The maximum Gasteiger partial charge on any atom is 0.273 e. The average molecular weight is 574 g/mol. The fourth-order valence-electron chi connectivity index (χ4n) is 5.05. The van der Waals surface area contributed by atoms with Crippen molar-refractivity contribution >= 4 is 28.9 Å². The molecule has 0 spiro atoms. The van der Waals surface area contributed by atoms with Gasteiger partial charge < -0.3 is 9.64 Å². The van der Waals surface area contributed by atoms with Gasteiger partial charge in [0.15, 0.2) is 5.57 Å². The van der Waals surface area contributed by atoms with Gasteiger partial charge in [0.25, 0.3) is 11.5 Å². The minimum Gasteiger partial charge on any atom is -0.497 e. The van der Waals surface area contributed by atoms with Gasteiger partial charge in [0.05, 0.1) is 23.0 Å². The summed E-state index contributed by atoms with van der Waals surface area (Å²) in [4.78, 5) is 29.1. The minimum absolute atomic E-state index is 0.0298. The van der Waals surface area contributed by atoms with Crippen LogP contribution in [0.2, 0.25) is 0 Å². The fourth-order valence-corrected chi connectivity index (χ4v) is 6.13. The monoisotopic (exact) mass is 573 g/mol. The number of rotatable bonds is 6. The third-order valence-corrected chi connectivity index (χ3v) is 8.28. The molecule has 0 unspecified atom stereocenters. The SMILES string of the molecule is COc1ccc(-c2nn(-c3ccccc3)cc2C=c2sc(=C(C#N)C(=O)N3CCCC3)n(-c3ccccc3)c2=O)cc1. The Hall–Kier alpha value is -5.20. The van der Waals surface area contributed by atoms with Crippen LogP contribution in [0.1, 0.15) is 18.4 Å². The molecular weight excluding hydrogens is 546 g/mol. The predicted molar refractivity (Wildman–Crippen MR) is 163 cm³/mol. The summed E-state index contributed by atoms with van der Waals surface area (Å²) in [7, 11) is 1.62. The molecule has 8 nitrogen and oxygen atoms in total. The number of para-hydroxylation sites is 2.